The summed E-state index contributed by atoms with van der Waals surface area (Å²) in [7, 11) is 0. The first-order chi connectivity index (χ1) is 10.0. The lowest BCUT2D eigenvalue weighted by Gasteiger charge is -2.32. The molecule has 116 valence electrons. The molecule has 1 N–H and O–H groups in total. The van der Waals surface area contributed by atoms with E-state index < -0.39 is 5.97 Å². The number of carboxylic acid groups (broad SMARTS) is 1. The highest BCUT2D eigenvalue weighted by molar-refractivity contribution is 5.88. The van der Waals surface area contributed by atoms with E-state index in [2.05, 4.69) is 18.7 Å². The molecule has 0 radical (unpaired) electrons. The lowest BCUT2D eigenvalue weighted by molar-refractivity contribution is 0.0696. The second-order valence-corrected chi connectivity index (χ2v) is 6.35. The van der Waals surface area contributed by atoms with Gasteiger partial charge >= 0.3 is 5.97 Å². The van der Waals surface area contributed by atoms with E-state index in [4.69, 9.17) is 4.98 Å². The van der Waals surface area contributed by atoms with Crippen LogP contribution in [0, 0.1) is 5.92 Å². The Labute approximate surface area is 127 Å². The number of nitrogens with zero attached hydrogens (tertiary/aromatic N) is 2. The van der Waals surface area contributed by atoms with Crippen LogP contribution in [0.1, 0.15) is 62.5 Å². The van der Waals surface area contributed by atoms with Crippen LogP contribution in [-0.4, -0.2) is 28.6 Å². The molecular weight excluding hydrogens is 264 g/mol. The Hall–Kier alpha value is -1.58. The van der Waals surface area contributed by atoms with Crippen LogP contribution < -0.4 is 4.90 Å². The molecule has 4 nitrogen and oxygen atoms in total. The van der Waals surface area contributed by atoms with Crippen molar-refractivity contribution in [3.63, 3.8) is 0 Å². The van der Waals surface area contributed by atoms with Crippen LogP contribution in [0.25, 0.3) is 0 Å². The van der Waals surface area contributed by atoms with E-state index in [0.717, 1.165) is 24.5 Å². The number of rotatable bonds is 6. The summed E-state index contributed by atoms with van der Waals surface area (Å²) in [5.41, 5.74) is 1.21. The summed E-state index contributed by atoms with van der Waals surface area (Å²) >= 11 is 0. The van der Waals surface area contributed by atoms with Crippen molar-refractivity contribution < 1.29 is 9.90 Å². The predicted octanol–water partition coefficient (Wildman–Crippen LogP) is 3.75. The van der Waals surface area contributed by atoms with Crippen molar-refractivity contribution >= 4 is 11.8 Å². The number of aromatic carboxylic acids is 1. The molecule has 0 atom stereocenters. The summed E-state index contributed by atoms with van der Waals surface area (Å²) in [4.78, 5) is 18.4. The molecule has 0 aliphatic heterocycles. The molecule has 21 heavy (non-hydrogen) atoms. The van der Waals surface area contributed by atoms with Gasteiger partial charge in [-0.1, -0.05) is 33.6 Å². The van der Waals surface area contributed by atoms with Crippen molar-refractivity contribution in [3.05, 3.63) is 23.4 Å². The fourth-order valence-corrected chi connectivity index (χ4v) is 3.06. The zero-order valence-electron chi connectivity index (χ0n) is 13.3. The van der Waals surface area contributed by atoms with E-state index in [1.807, 2.05) is 6.92 Å². The van der Waals surface area contributed by atoms with Crippen molar-refractivity contribution in [1.29, 1.82) is 0 Å². The van der Waals surface area contributed by atoms with Crippen molar-refractivity contribution in [2.24, 2.45) is 5.92 Å². The molecule has 0 aromatic carbocycles. The van der Waals surface area contributed by atoms with Crippen molar-refractivity contribution in [1.82, 2.24) is 4.98 Å². The summed E-state index contributed by atoms with van der Waals surface area (Å²) in [6, 6.07) is 3.93. The van der Waals surface area contributed by atoms with Crippen LogP contribution in [0.5, 0.6) is 0 Å². The molecule has 1 aromatic heterocycles. The van der Waals surface area contributed by atoms with Crippen LogP contribution in [0.3, 0.4) is 0 Å². The minimum Gasteiger partial charge on any atom is -0.478 e. The second-order valence-electron chi connectivity index (χ2n) is 6.35. The first-order valence-corrected chi connectivity index (χ1v) is 8.02. The van der Waals surface area contributed by atoms with Gasteiger partial charge in [-0.25, -0.2) is 9.78 Å². The van der Waals surface area contributed by atoms with Crippen LogP contribution >= 0.6 is 0 Å². The summed E-state index contributed by atoms with van der Waals surface area (Å²) in [6.07, 6.45) is 5.66. The third kappa shape index (κ3) is 3.96. The number of hydrogen-bond acceptors (Lipinski definition) is 3. The largest absolute Gasteiger partial charge is 0.478 e. The van der Waals surface area contributed by atoms with E-state index in [0.29, 0.717) is 17.5 Å². The number of aryl methyl sites for hydroxylation is 1. The molecule has 0 spiro atoms. The van der Waals surface area contributed by atoms with Gasteiger partial charge in [0.2, 0.25) is 0 Å². The van der Waals surface area contributed by atoms with Gasteiger partial charge in [-0.05, 0) is 37.3 Å². The number of carboxylic acids is 1. The summed E-state index contributed by atoms with van der Waals surface area (Å²) < 4.78 is 0. The van der Waals surface area contributed by atoms with Gasteiger partial charge < -0.3 is 10.0 Å². The Morgan fingerprint density at radius 1 is 1.38 bits per heavy atom. The van der Waals surface area contributed by atoms with Crippen molar-refractivity contribution in [3.8, 4) is 0 Å². The average Bonchev–Trinajstić information content (AvgIpc) is 2.97. The predicted molar refractivity (Wildman–Crippen MR) is 85.0 cm³/mol. The van der Waals surface area contributed by atoms with Gasteiger partial charge in [-0.3, -0.25) is 0 Å². The highest BCUT2D eigenvalue weighted by atomic mass is 16.4. The van der Waals surface area contributed by atoms with E-state index in [9.17, 15) is 9.90 Å². The summed E-state index contributed by atoms with van der Waals surface area (Å²) in [5, 5.41) is 9.31. The van der Waals surface area contributed by atoms with Gasteiger partial charge in [-0.2, -0.15) is 0 Å². The van der Waals surface area contributed by atoms with Gasteiger partial charge in [0, 0.05) is 18.3 Å². The molecule has 1 aliphatic carbocycles. The summed E-state index contributed by atoms with van der Waals surface area (Å²) in [5.74, 6) is 0.502. The minimum atomic E-state index is -0.871. The zero-order chi connectivity index (χ0) is 15.4. The lowest BCUT2D eigenvalue weighted by atomic mass is 10.1. The Balaban J connectivity index is 2.37. The summed E-state index contributed by atoms with van der Waals surface area (Å²) in [6.45, 7) is 7.34. The fourth-order valence-electron chi connectivity index (χ4n) is 3.06. The Kier molecular flexibility index (Phi) is 5.21. The molecule has 1 fully saturated rings. The van der Waals surface area contributed by atoms with Gasteiger partial charge in [0.05, 0.1) is 5.56 Å². The van der Waals surface area contributed by atoms with Gasteiger partial charge in [0.1, 0.15) is 5.82 Å². The van der Waals surface area contributed by atoms with E-state index in [1.54, 1.807) is 12.1 Å². The van der Waals surface area contributed by atoms with E-state index in [1.165, 1.54) is 25.7 Å². The smallest absolute Gasteiger partial charge is 0.335 e. The van der Waals surface area contributed by atoms with Crippen LogP contribution in [0.15, 0.2) is 12.1 Å². The van der Waals surface area contributed by atoms with E-state index in [-0.39, 0.29) is 0 Å². The number of anilines is 1. The molecule has 2 rings (SSSR count). The molecular formula is C17H26N2O2. The first-order valence-electron chi connectivity index (χ1n) is 8.02. The Morgan fingerprint density at radius 2 is 2.05 bits per heavy atom. The average molecular weight is 290 g/mol. The third-order valence-electron chi connectivity index (χ3n) is 4.10. The molecule has 4 heteroatoms. The number of carbonyl (C=O) groups is 1. The second kappa shape index (κ2) is 6.92. The topological polar surface area (TPSA) is 53.4 Å². The van der Waals surface area contributed by atoms with Gasteiger partial charge in [0.15, 0.2) is 0 Å². The van der Waals surface area contributed by atoms with Crippen molar-refractivity contribution in [2.45, 2.75) is 58.9 Å². The highest BCUT2D eigenvalue weighted by Gasteiger charge is 2.25. The standard InChI is InChI=1S/C17H26N2O2/c1-4-14-9-13(17(20)21)10-16(18-14)19(11-12(2)3)15-7-5-6-8-15/h9-10,12,15H,4-8,11H2,1-3H3,(H,20,21). The van der Waals surface area contributed by atoms with Gasteiger partial charge in [-0.15, -0.1) is 0 Å². The van der Waals surface area contributed by atoms with Crippen molar-refractivity contribution in [2.75, 3.05) is 11.4 Å². The maximum Gasteiger partial charge on any atom is 0.335 e. The number of hydrogen-bond donors (Lipinski definition) is 1. The van der Waals surface area contributed by atoms with Gasteiger partial charge in [0.25, 0.3) is 0 Å². The molecule has 1 saturated carbocycles. The molecule has 1 aromatic rings. The zero-order valence-corrected chi connectivity index (χ0v) is 13.3. The van der Waals surface area contributed by atoms with Crippen LogP contribution in [-0.2, 0) is 6.42 Å². The van der Waals surface area contributed by atoms with Crippen LogP contribution in [0.2, 0.25) is 0 Å². The normalized spacial score (nSPS) is 15.6. The monoisotopic (exact) mass is 290 g/mol. The maximum absolute atomic E-state index is 11.3. The molecule has 0 saturated heterocycles. The number of aromatic nitrogens is 1. The fraction of sp³-hybridized carbons (Fsp3) is 0.647. The molecule has 1 heterocycles. The molecule has 0 amide bonds. The lowest BCUT2D eigenvalue weighted by Crippen LogP contribution is -2.37. The number of pyridine rings is 1. The molecule has 1 aliphatic rings. The van der Waals surface area contributed by atoms with Crippen LogP contribution in [0.4, 0.5) is 5.82 Å². The highest BCUT2D eigenvalue weighted by Crippen LogP contribution is 2.29. The van der Waals surface area contributed by atoms with E-state index >= 15 is 0 Å². The maximum atomic E-state index is 11.3. The Morgan fingerprint density at radius 3 is 2.57 bits per heavy atom. The molecule has 0 bridgehead atoms. The first kappa shape index (κ1) is 15.8. The minimum absolute atomic E-state index is 0.351. The Bertz CT molecular complexity index is 494. The SMILES string of the molecule is CCc1cc(C(=O)O)cc(N(CC(C)C)C2CCCC2)n1. The third-order valence-corrected chi connectivity index (χ3v) is 4.10. The quantitative estimate of drug-likeness (QED) is 0.867. The molecule has 0 unspecified atom stereocenters.